The van der Waals surface area contributed by atoms with E-state index in [1.54, 1.807) is 28.7 Å². The van der Waals surface area contributed by atoms with Crippen LogP contribution in [-0.2, 0) is 0 Å². The van der Waals surface area contributed by atoms with E-state index in [4.69, 9.17) is 16.6 Å². The van der Waals surface area contributed by atoms with Gasteiger partial charge in [0.1, 0.15) is 5.82 Å². The lowest BCUT2D eigenvalue weighted by atomic mass is 10.1. The van der Waals surface area contributed by atoms with Crippen LogP contribution in [0.15, 0.2) is 84.9 Å². The molecule has 0 aliphatic heterocycles. The standard InChI is InChI=1S/C25H16ClN7O/c26-18-13-11-15(12-14-18)20-19-21(28-24(34)17-9-5-2-6-10-17)29-31-23(19)33-22(30-32-25(33)27-20)16-7-3-1-4-8-16/h1-14H,(H2,28,29,31,34). The van der Waals surface area contributed by atoms with Gasteiger partial charge in [0.2, 0.25) is 0 Å². The molecule has 0 fully saturated rings. The zero-order chi connectivity index (χ0) is 23.1. The van der Waals surface area contributed by atoms with E-state index >= 15 is 0 Å². The van der Waals surface area contributed by atoms with Crippen molar-refractivity contribution in [1.82, 2.24) is 29.8 Å². The summed E-state index contributed by atoms with van der Waals surface area (Å²) in [5.74, 6) is 1.16. The van der Waals surface area contributed by atoms with E-state index in [1.165, 1.54) is 0 Å². The molecule has 0 radical (unpaired) electrons. The molecule has 0 saturated heterocycles. The molecule has 0 aliphatic carbocycles. The topological polar surface area (TPSA) is 101 Å². The third-order valence-corrected chi connectivity index (χ3v) is 5.73. The fraction of sp³-hybridized carbons (Fsp3) is 0. The maximum absolute atomic E-state index is 12.9. The van der Waals surface area contributed by atoms with Crippen molar-refractivity contribution in [1.29, 1.82) is 0 Å². The summed E-state index contributed by atoms with van der Waals surface area (Å²) in [5, 5.41) is 20.4. The van der Waals surface area contributed by atoms with Gasteiger partial charge in [0.15, 0.2) is 11.5 Å². The Bertz CT molecular complexity index is 1640. The molecular weight excluding hydrogens is 450 g/mol. The number of fused-ring (bicyclic) bond motifs is 3. The zero-order valence-electron chi connectivity index (χ0n) is 17.6. The van der Waals surface area contributed by atoms with Crippen molar-refractivity contribution in [3.8, 4) is 22.6 Å². The molecule has 6 rings (SSSR count). The first-order valence-corrected chi connectivity index (χ1v) is 10.9. The molecule has 2 N–H and O–H groups in total. The third-order valence-electron chi connectivity index (χ3n) is 5.48. The van der Waals surface area contributed by atoms with Crippen LogP contribution in [0.4, 0.5) is 5.82 Å². The Morgan fingerprint density at radius 3 is 2.29 bits per heavy atom. The molecular formula is C25H16ClN7O. The molecule has 3 heterocycles. The minimum atomic E-state index is -0.264. The first-order valence-electron chi connectivity index (χ1n) is 10.5. The molecule has 1 amide bonds. The number of anilines is 1. The fourth-order valence-electron chi connectivity index (χ4n) is 3.87. The highest BCUT2D eigenvalue weighted by atomic mass is 35.5. The van der Waals surface area contributed by atoms with Gasteiger partial charge in [0.05, 0.1) is 11.1 Å². The average molecular weight is 466 g/mol. The number of carbonyl (C=O) groups excluding carboxylic acids is 1. The van der Waals surface area contributed by atoms with Gasteiger partial charge in [-0.15, -0.1) is 10.2 Å². The summed E-state index contributed by atoms with van der Waals surface area (Å²) in [6.07, 6.45) is 0. The molecule has 8 nitrogen and oxygen atoms in total. The van der Waals surface area contributed by atoms with Crippen molar-refractivity contribution in [2.45, 2.75) is 0 Å². The Morgan fingerprint density at radius 1 is 0.853 bits per heavy atom. The van der Waals surface area contributed by atoms with Gasteiger partial charge >= 0.3 is 0 Å². The largest absolute Gasteiger partial charge is 0.306 e. The first-order chi connectivity index (χ1) is 16.7. The Balaban J connectivity index is 1.60. The van der Waals surface area contributed by atoms with Crippen molar-refractivity contribution in [3.05, 3.63) is 95.5 Å². The van der Waals surface area contributed by atoms with Crippen LogP contribution in [0.25, 0.3) is 39.5 Å². The number of benzene rings is 3. The lowest BCUT2D eigenvalue weighted by molar-refractivity contribution is 0.102. The Kier molecular flexibility index (Phi) is 4.78. The van der Waals surface area contributed by atoms with Gasteiger partial charge in [0.25, 0.3) is 11.7 Å². The van der Waals surface area contributed by atoms with E-state index in [0.717, 1.165) is 11.1 Å². The molecule has 6 aromatic rings. The maximum Gasteiger partial charge on any atom is 0.257 e. The van der Waals surface area contributed by atoms with Gasteiger partial charge in [-0.1, -0.05) is 72.3 Å². The SMILES string of the molecule is O=C(Nc1[nH]nc2c1c(-c1ccc(Cl)cc1)nc1nnc(-c3ccccc3)n12)c1ccccc1. The van der Waals surface area contributed by atoms with Gasteiger partial charge in [-0.05, 0) is 24.3 Å². The van der Waals surface area contributed by atoms with Gasteiger partial charge in [-0.2, -0.15) is 5.10 Å². The number of H-pyrrole nitrogens is 1. The maximum atomic E-state index is 12.9. The number of nitrogens with one attached hydrogen (secondary N) is 2. The van der Waals surface area contributed by atoms with Gasteiger partial charge in [-0.25, -0.2) is 9.38 Å². The second kappa shape index (κ2) is 8.09. The third kappa shape index (κ3) is 3.37. The van der Waals surface area contributed by atoms with E-state index in [-0.39, 0.29) is 5.91 Å². The number of nitrogens with zero attached hydrogens (tertiary/aromatic N) is 5. The quantitative estimate of drug-likeness (QED) is 0.370. The summed E-state index contributed by atoms with van der Waals surface area (Å²) in [5.41, 5.74) is 3.35. The molecule has 0 bridgehead atoms. The number of amides is 1. The van der Waals surface area contributed by atoms with Gasteiger partial charge in [0, 0.05) is 21.7 Å². The minimum absolute atomic E-state index is 0.264. The van der Waals surface area contributed by atoms with Gasteiger partial charge < -0.3 is 5.32 Å². The normalized spacial score (nSPS) is 11.2. The number of rotatable bonds is 4. The number of aromatic amines is 1. The molecule has 0 saturated carbocycles. The van der Waals surface area contributed by atoms with Crippen LogP contribution in [0.5, 0.6) is 0 Å². The second-order valence-corrected chi connectivity index (χ2v) is 8.05. The van der Waals surface area contributed by atoms with Crippen molar-refractivity contribution in [2.75, 3.05) is 5.32 Å². The summed E-state index contributed by atoms with van der Waals surface area (Å²) < 4.78 is 1.78. The lowest BCUT2D eigenvalue weighted by Crippen LogP contribution is -2.12. The van der Waals surface area contributed by atoms with E-state index in [0.29, 0.717) is 44.7 Å². The number of halogens is 1. The van der Waals surface area contributed by atoms with Crippen LogP contribution >= 0.6 is 11.6 Å². The highest BCUT2D eigenvalue weighted by Crippen LogP contribution is 2.34. The predicted octanol–water partition coefficient (Wildman–Crippen LogP) is 5.24. The lowest BCUT2D eigenvalue weighted by Gasteiger charge is -2.08. The van der Waals surface area contributed by atoms with E-state index < -0.39 is 0 Å². The summed E-state index contributed by atoms with van der Waals surface area (Å²) in [7, 11) is 0. The molecule has 0 atom stereocenters. The van der Waals surface area contributed by atoms with Crippen LogP contribution in [-0.4, -0.2) is 35.7 Å². The molecule has 0 aliphatic rings. The molecule has 3 aromatic carbocycles. The van der Waals surface area contributed by atoms with E-state index in [9.17, 15) is 4.79 Å². The summed E-state index contributed by atoms with van der Waals surface area (Å²) in [4.78, 5) is 17.7. The second-order valence-electron chi connectivity index (χ2n) is 7.61. The van der Waals surface area contributed by atoms with Crippen molar-refractivity contribution < 1.29 is 4.79 Å². The van der Waals surface area contributed by atoms with Crippen molar-refractivity contribution in [3.63, 3.8) is 0 Å². The van der Waals surface area contributed by atoms with Crippen molar-refractivity contribution >= 4 is 40.1 Å². The number of carbonyl (C=O) groups is 1. The van der Waals surface area contributed by atoms with Crippen LogP contribution in [0.1, 0.15) is 10.4 Å². The highest BCUT2D eigenvalue weighted by molar-refractivity contribution is 6.30. The molecule has 9 heteroatoms. The fourth-order valence-corrected chi connectivity index (χ4v) is 4.00. The molecule has 34 heavy (non-hydrogen) atoms. The summed E-state index contributed by atoms with van der Waals surface area (Å²) >= 11 is 6.11. The van der Waals surface area contributed by atoms with Crippen LogP contribution < -0.4 is 5.32 Å². The Labute approximate surface area is 198 Å². The average Bonchev–Trinajstić information content (AvgIpc) is 3.49. The smallest absolute Gasteiger partial charge is 0.257 e. The van der Waals surface area contributed by atoms with Crippen molar-refractivity contribution in [2.24, 2.45) is 0 Å². The summed E-state index contributed by atoms with van der Waals surface area (Å²) in [6, 6.07) is 26.0. The monoisotopic (exact) mass is 465 g/mol. The first kappa shape index (κ1) is 20.1. The molecule has 3 aromatic heterocycles. The summed E-state index contributed by atoms with van der Waals surface area (Å²) in [6.45, 7) is 0. The number of hydrogen-bond donors (Lipinski definition) is 2. The zero-order valence-corrected chi connectivity index (χ0v) is 18.4. The molecule has 0 spiro atoms. The van der Waals surface area contributed by atoms with Crippen LogP contribution in [0, 0.1) is 0 Å². The minimum Gasteiger partial charge on any atom is -0.306 e. The number of hydrogen-bond acceptors (Lipinski definition) is 5. The van der Waals surface area contributed by atoms with Crippen LogP contribution in [0.3, 0.4) is 0 Å². The van der Waals surface area contributed by atoms with E-state index in [1.807, 2.05) is 60.7 Å². The predicted molar refractivity (Wildman–Crippen MR) is 131 cm³/mol. The highest BCUT2D eigenvalue weighted by Gasteiger charge is 2.22. The van der Waals surface area contributed by atoms with Crippen LogP contribution in [0.2, 0.25) is 5.02 Å². The number of aromatic nitrogens is 6. The molecule has 0 unspecified atom stereocenters. The Hall–Kier alpha value is -4.56. The Morgan fingerprint density at radius 2 is 1.56 bits per heavy atom. The molecule has 164 valence electrons. The van der Waals surface area contributed by atoms with Gasteiger partial charge in [-0.3, -0.25) is 9.89 Å². The van der Waals surface area contributed by atoms with E-state index in [2.05, 4.69) is 25.7 Å².